The van der Waals surface area contributed by atoms with E-state index in [4.69, 9.17) is 0 Å². The normalized spacial score (nSPS) is 35.0. The molecule has 0 saturated heterocycles. The zero-order valence-corrected chi connectivity index (χ0v) is 14.4. The molecule has 4 bridgehead atoms. The van der Waals surface area contributed by atoms with Crippen molar-refractivity contribution in [3.05, 3.63) is 53.3 Å². The number of nitrogens with zero attached hydrogens (tertiary/aromatic N) is 1. The summed E-state index contributed by atoms with van der Waals surface area (Å²) in [6, 6.07) is 14.0. The summed E-state index contributed by atoms with van der Waals surface area (Å²) in [7, 11) is 0. The van der Waals surface area contributed by atoms with Gasteiger partial charge in [0.25, 0.3) is 0 Å². The molecule has 23 heavy (non-hydrogen) atoms. The van der Waals surface area contributed by atoms with Crippen LogP contribution in [0.1, 0.15) is 55.5 Å². The molecule has 4 fully saturated rings. The molecule has 0 aliphatic heterocycles. The molecule has 0 unspecified atom stereocenters. The molecule has 0 spiro atoms. The summed E-state index contributed by atoms with van der Waals surface area (Å²) >= 11 is 0. The highest BCUT2D eigenvalue weighted by Crippen LogP contribution is 2.60. The molecule has 4 aliphatic rings. The Hall–Kier alpha value is -1.50. The van der Waals surface area contributed by atoms with E-state index in [9.17, 15) is 0 Å². The van der Waals surface area contributed by atoms with Gasteiger partial charge in [-0.15, -0.1) is 0 Å². The summed E-state index contributed by atoms with van der Waals surface area (Å²) in [6.07, 6.45) is 8.96. The van der Waals surface area contributed by atoms with Crippen LogP contribution >= 0.6 is 0 Å². The van der Waals surface area contributed by atoms with Gasteiger partial charge in [0, 0.05) is 17.1 Å². The van der Waals surface area contributed by atoms with E-state index < -0.39 is 0 Å². The van der Waals surface area contributed by atoms with Crippen molar-refractivity contribution in [3.63, 3.8) is 0 Å². The molecule has 0 amide bonds. The van der Waals surface area contributed by atoms with Crippen molar-refractivity contribution in [3.8, 4) is 5.69 Å². The van der Waals surface area contributed by atoms with Gasteiger partial charge in [-0.1, -0.05) is 12.1 Å². The van der Waals surface area contributed by atoms with E-state index in [1.807, 2.05) is 0 Å². The third-order valence-electron chi connectivity index (χ3n) is 7.05. The summed E-state index contributed by atoms with van der Waals surface area (Å²) in [5.74, 6) is 3.07. The first kappa shape index (κ1) is 13.9. The van der Waals surface area contributed by atoms with Crippen molar-refractivity contribution >= 4 is 0 Å². The smallest absolute Gasteiger partial charge is 0.0455 e. The quantitative estimate of drug-likeness (QED) is 0.684. The van der Waals surface area contributed by atoms with Crippen molar-refractivity contribution in [2.75, 3.05) is 0 Å². The average Bonchev–Trinajstić information content (AvgIpc) is 2.85. The zero-order chi connectivity index (χ0) is 15.6. The first-order valence-electron chi connectivity index (χ1n) is 9.39. The van der Waals surface area contributed by atoms with Gasteiger partial charge >= 0.3 is 0 Å². The fourth-order valence-electron chi connectivity index (χ4n) is 6.50. The van der Waals surface area contributed by atoms with Crippen molar-refractivity contribution < 1.29 is 0 Å². The number of rotatable bonds is 2. The molecule has 1 heteroatoms. The number of aryl methyl sites for hydroxylation is 2. The molecule has 2 aromatic rings. The molecule has 120 valence electrons. The van der Waals surface area contributed by atoms with Crippen LogP contribution in [0.15, 0.2) is 36.4 Å². The lowest BCUT2D eigenvalue weighted by Gasteiger charge is -2.57. The second kappa shape index (κ2) is 4.75. The standard InChI is InChI=1S/C22H27N/c1-15-3-4-16(2)23(15)21-7-5-20(6-8-21)22-12-17-9-18(13-22)11-19(10-17)14-22/h3-8,17-19H,9-14H2,1-2H3. The van der Waals surface area contributed by atoms with E-state index >= 15 is 0 Å². The van der Waals surface area contributed by atoms with Crippen LogP contribution in [0.3, 0.4) is 0 Å². The molecule has 1 nitrogen and oxygen atoms in total. The molecule has 1 aromatic carbocycles. The van der Waals surface area contributed by atoms with Gasteiger partial charge in [-0.2, -0.15) is 0 Å². The minimum atomic E-state index is 0.522. The molecule has 0 N–H and O–H groups in total. The lowest BCUT2D eigenvalue weighted by molar-refractivity contribution is -0.00518. The van der Waals surface area contributed by atoms with Crippen LogP contribution in [0, 0.1) is 31.6 Å². The van der Waals surface area contributed by atoms with Gasteiger partial charge < -0.3 is 4.57 Å². The Morgan fingerprint density at radius 2 is 1.22 bits per heavy atom. The third kappa shape index (κ3) is 2.05. The highest BCUT2D eigenvalue weighted by molar-refractivity contribution is 5.42. The van der Waals surface area contributed by atoms with Crippen LogP contribution in [0.25, 0.3) is 5.69 Å². The van der Waals surface area contributed by atoms with Crippen molar-refractivity contribution in [2.24, 2.45) is 17.8 Å². The van der Waals surface area contributed by atoms with Crippen LogP contribution in [0.2, 0.25) is 0 Å². The van der Waals surface area contributed by atoms with Crippen LogP contribution in [0.5, 0.6) is 0 Å². The maximum absolute atomic E-state index is 2.45. The Kier molecular flexibility index (Phi) is 2.87. The van der Waals surface area contributed by atoms with Crippen LogP contribution < -0.4 is 0 Å². The second-order valence-electron chi connectivity index (χ2n) is 8.70. The van der Waals surface area contributed by atoms with Gasteiger partial charge in [-0.3, -0.25) is 0 Å². The van der Waals surface area contributed by atoms with Gasteiger partial charge in [0.2, 0.25) is 0 Å². The predicted molar refractivity (Wildman–Crippen MR) is 95.1 cm³/mol. The Labute approximate surface area is 139 Å². The molecule has 0 atom stereocenters. The van der Waals surface area contributed by atoms with Gasteiger partial charge in [0.15, 0.2) is 0 Å². The van der Waals surface area contributed by atoms with Crippen LogP contribution in [-0.2, 0) is 5.41 Å². The van der Waals surface area contributed by atoms with Crippen molar-refractivity contribution in [2.45, 2.75) is 57.8 Å². The molecule has 1 aromatic heterocycles. The maximum Gasteiger partial charge on any atom is 0.0455 e. The van der Waals surface area contributed by atoms with Crippen molar-refractivity contribution in [1.82, 2.24) is 4.57 Å². The van der Waals surface area contributed by atoms with Crippen LogP contribution in [-0.4, -0.2) is 4.57 Å². The van der Waals surface area contributed by atoms with Crippen LogP contribution in [0.4, 0.5) is 0 Å². The average molecular weight is 305 g/mol. The lowest BCUT2D eigenvalue weighted by atomic mass is 9.48. The van der Waals surface area contributed by atoms with Gasteiger partial charge in [-0.25, -0.2) is 0 Å². The minimum absolute atomic E-state index is 0.522. The number of aromatic nitrogens is 1. The minimum Gasteiger partial charge on any atom is -0.319 e. The van der Waals surface area contributed by atoms with Crippen molar-refractivity contribution in [1.29, 1.82) is 0 Å². The molecule has 6 rings (SSSR count). The zero-order valence-electron chi connectivity index (χ0n) is 14.4. The van der Waals surface area contributed by atoms with E-state index in [0.29, 0.717) is 5.41 Å². The number of hydrogen-bond donors (Lipinski definition) is 0. The first-order chi connectivity index (χ1) is 11.1. The molecular formula is C22H27N. The van der Waals surface area contributed by atoms with Gasteiger partial charge in [0.1, 0.15) is 0 Å². The van der Waals surface area contributed by atoms with E-state index in [1.54, 1.807) is 5.56 Å². The summed E-state index contributed by atoms with van der Waals surface area (Å²) in [5.41, 5.74) is 6.12. The SMILES string of the molecule is Cc1ccc(C)n1-c1ccc(C23CC4CC(CC(C4)C2)C3)cc1. The second-order valence-corrected chi connectivity index (χ2v) is 8.70. The fraction of sp³-hybridized carbons (Fsp3) is 0.545. The first-order valence-corrected chi connectivity index (χ1v) is 9.39. The molecule has 0 radical (unpaired) electrons. The van der Waals surface area contributed by atoms with E-state index in [-0.39, 0.29) is 0 Å². The predicted octanol–water partition coefficient (Wildman–Crippen LogP) is 5.56. The van der Waals surface area contributed by atoms with Gasteiger partial charge in [0.05, 0.1) is 0 Å². The van der Waals surface area contributed by atoms with E-state index in [0.717, 1.165) is 17.8 Å². The molecule has 1 heterocycles. The summed E-state index contributed by atoms with van der Waals surface area (Å²) in [4.78, 5) is 0. The fourth-order valence-corrected chi connectivity index (χ4v) is 6.50. The number of hydrogen-bond acceptors (Lipinski definition) is 0. The lowest BCUT2D eigenvalue weighted by Crippen LogP contribution is -2.48. The van der Waals surface area contributed by atoms with Gasteiger partial charge in [-0.05, 0) is 105 Å². The maximum atomic E-state index is 2.45. The monoisotopic (exact) mass is 305 g/mol. The Bertz CT molecular complexity index is 679. The number of benzene rings is 1. The van der Waals surface area contributed by atoms with E-state index in [2.05, 4.69) is 54.8 Å². The Morgan fingerprint density at radius 3 is 1.70 bits per heavy atom. The third-order valence-corrected chi connectivity index (χ3v) is 7.05. The summed E-state index contributed by atoms with van der Waals surface area (Å²) < 4.78 is 2.36. The highest BCUT2D eigenvalue weighted by atomic mass is 15.0. The summed E-state index contributed by atoms with van der Waals surface area (Å²) in [6.45, 7) is 4.39. The largest absolute Gasteiger partial charge is 0.319 e. The van der Waals surface area contributed by atoms with E-state index in [1.165, 1.54) is 55.6 Å². The summed E-state index contributed by atoms with van der Waals surface area (Å²) in [5, 5.41) is 0. The topological polar surface area (TPSA) is 4.93 Å². The highest BCUT2D eigenvalue weighted by Gasteiger charge is 2.51. The molecule has 4 aliphatic carbocycles. The molecular weight excluding hydrogens is 278 g/mol. The Morgan fingerprint density at radius 1 is 0.739 bits per heavy atom. The molecule has 4 saturated carbocycles. The Balaban J connectivity index is 1.51.